The molecule has 2 aromatic carbocycles. The Morgan fingerprint density at radius 2 is 1.70 bits per heavy atom. The number of hydrogen-bond donors (Lipinski definition) is 0. The molecule has 0 radical (unpaired) electrons. The van der Waals surface area contributed by atoms with Gasteiger partial charge in [0.1, 0.15) is 0 Å². The van der Waals surface area contributed by atoms with Gasteiger partial charge in [-0.15, -0.1) is 0 Å². The monoisotopic (exact) mass is 421 g/mol. The van der Waals surface area contributed by atoms with Crippen molar-refractivity contribution in [3.8, 4) is 0 Å². The van der Waals surface area contributed by atoms with Gasteiger partial charge in [-0.05, 0) is 36.0 Å². The van der Waals surface area contributed by atoms with Crippen molar-refractivity contribution in [3.05, 3.63) is 70.5 Å². The Balaban J connectivity index is 1.61. The maximum Gasteiger partial charge on any atom is 0.262 e. The summed E-state index contributed by atoms with van der Waals surface area (Å²) >= 11 is 1.36. The van der Waals surface area contributed by atoms with E-state index in [1.54, 1.807) is 4.57 Å². The molecular weight excluding hydrogens is 394 g/mol. The van der Waals surface area contributed by atoms with Crippen molar-refractivity contribution < 1.29 is 4.79 Å². The Morgan fingerprint density at radius 1 is 1.03 bits per heavy atom. The number of hydrogen-bond acceptors (Lipinski definition) is 4. The number of piperidine rings is 1. The van der Waals surface area contributed by atoms with Gasteiger partial charge < -0.3 is 4.90 Å². The molecule has 5 nitrogen and oxygen atoms in total. The quantitative estimate of drug-likeness (QED) is 0.461. The van der Waals surface area contributed by atoms with E-state index in [0.717, 1.165) is 18.7 Å². The van der Waals surface area contributed by atoms with Crippen LogP contribution < -0.4 is 5.56 Å². The molecule has 6 heteroatoms. The normalized spacial score (nSPS) is 19.2. The topological polar surface area (TPSA) is 55.2 Å². The maximum absolute atomic E-state index is 13.2. The highest BCUT2D eigenvalue weighted by atomic mass is 32.2. The lowest BCUT2D eigenvalue weighted by molar-refractivity contribution is -0.130. The zero-order valence-corrected chi connectivity index (χ0v) is 18.3. The lowest BCUT2D eigenvalue weighted by Gasteiger charge is -2.35. The Hall–Kier alpha value is -2.60. The van der Waals surface area contributed by atoms with Crippen LogP contribution in [0.1, 0.15) is 25.8 Å². The summed E-state index contributed by atoms with van der Waals surface area (Å²) in [5, 5.41) is 1.19. The molecule has 0 unspecified atom stereocenters. The van der Waals surface area contributed by atoms with Gasteiger partial charge in [0.15, 0.2) is 5.16 Å². The van der Waals surface area contributed by atoms with E-state index < -0.39 is 0 Å². The second-order valence-corrected chi connectivity index (χ2v) is 9.26. The van der Waals surface area contributed by atoms with Crippen molar-refractivity contribution in [2.75, 3.05) is 18.8 Å². The Labute approximate surface area is 181 Å². The van der Waals surface area contributed by atoms with Gasteiger partial charge in [0.2, 0.25) is 5.91 Å². The van der Waals surface area contributed by atoms with E-state index in [4.69, 9.17) is 4.98 Å². The van der Waals surface area contributed by atoms with Gasteiger partial charge in [-0.2, -0.15) is 0 Å². The van der Waals surface area contributed by atoms with Gasteiger partial charge in [0.05, 0.1) is 23.2 Å². The van der Waals surface area contributed by atoms with Gasteiger partial charge in [-0.1, -0.05) is 68.1 Å². The lowest BCUT2D eigenvalue weighted by Crippen LogP contribution is -2.43. The summed E-state index contributed by atoms with van der Waals surface area (Å²) in [6.07, 6.45) is 1.17. The van der Waals surface area contributed by atoms with Crippen LogP contribution in [-0.4, -0.2) is 39.2 Å². The molecule has 1 aliphatic rings. The fourth-order valence-electron chi connectivity index (χ4n) is 4.25. The van der Waals surface area contributed by atoms with Gasteiger partial charge in [-0.25, -0.2) is 4.98 Å². The average Bonchev–Trinajstić information content (AvgIpc) is 2.74. The van der Waals surface area contributed by atoms with Crippen LogP contribution in [0.25, 0.3) is 10.9 Å². The number of aromatic nitrogens is 2. The molecule has 0 aliphatic carbocycles. The summed E-state index contributed by atoms with van der Waals surface area (Å²) in [5.41, 5.74) is 1.63. The number of nitrogens with zero attached hydrogens (tertiary/aromatic N) is 3. The van der Waals surface area contributed by atoms with Crippen LogP contribution in [0.4, 0.5) is 0 Å². The molecule has 1 aromatic heterocycles. The molecule has 2 atom stereocenters. The molecule has 30 heavy (non-hydrogen) atoms. The minimum Gasteiger partial charge on any atom is -0.341 e. The standard InChI is InChI=1S/C24H27N3O2S/c1-17-12-18(2)14-26(13-17)22(28)16-30-24-25-21-11-7-6-10-20(21)23(29)27(24)15-19-8-4-3-5-9-19/h3-11,17-18H,12-16H2,1-2H3/t17-,18+. The van der Waals surface area contributed by atoms with Crippen LogP contribution in [0.5, 0.6) is 0 Å². The molecule has 1 fully saturated rings. The summed E-state index contributed by atoms with van der Waals surface area (Å²) in [6.45, 7) is 6.46. The summed E-state index contributed by atoms with van der Waals surface area (Å²) in [7, 11) is 0. The van der Waals surface area contributed by atoms with Crippen LogP contribution in [0.15, 0.2) is 64.5 Å². The third-order valence-electron chi connectivity index (χ3n) is 5.56. The SMILES string of the molecule is C[C@@H]1C[C@H](C)CN(C(=O)CSc2nc3ccccc3c(=O)n2Cc2ccccc2)C1. The van der Waals surface area contributed by atoms with Crippen molar-refractivity contribution in [3.63, 3.8) is 0 Å². The Kier molecular flexibility index (Phi) is 6.23. The van der Waals surface area contributed by atoms with Crippen LogP contribution >= 0.6 is 11.8 Å². The van der Waals surface area contributed by atoms with Gasteiger partial charge in [0.25, 0.3) is 5.56 Å². The van der Waals surface area contributed by atoms with Gasteiger partial charge in [-0.3, -0.25) is 14.2 Å². The highest BCUT2D eigenvalue weighted by Crippen LogP contribution is 2.24. The zero-order valence-electron chi connectivity index (χ0n) is 17.5. The number of fused-ring (bicyclic) bond motifs is 1. The average molecular weight is 422 g/mol. The maximum atomic E-state index is 13.2. The second-order valence-electron chi connectivity index (χ2n) is 8.32. The molecular formula is C24H27N3O2S. The lowest BCUT2D eigenvalue weighted by atomic mass is 9.92. The molecule has 1 saturated heterocycles. The van der Waals surface area contributed by atoms with Crippen LogP contribution in [-0.2, 0) is 11.3 Å². The first kappa shape index (κ1) is 20.7. The number of para-hydroxylation sites is 1. The van der Waals surface area contributed by atoms with Crippen molar-refractivity contribution in [1.29, 1.82) is 0 Å². The van der Waals surface area contributed by atoms with E-state index >= 15 is 0 Å². The minimum absolute atomic E-state index is 0.0698. The number of likely N-dealkylation sites (tertiary alicyclic amines) is 1. The zero-order chi connectivity index (χ0) is 21.1. The molecule has 3 aromatic rings. The van der Waals surface area contributed by atoms with E-state index in [1.165, 1.54) is 18.2 Å². The smallest absolute Gasteiger partial charge is 0.262 e. The van der Waals surface area contributed by atoms with Gasteiger partial charge >= 0.3 is 0 Å². The first-order valence-electron chi connectivity index (χ1n) is 10.5. The van der Waals surface area contributed by atoms with E-state index in [0.29, 0.717) is 40.2 Å². The number of benzene rings is 2. The first-order chi connectivity index (χ1) is 14.5. The van der Waals surface area contributed by atoms with Crippen LogP contribution in [0, 0.1) is 11.8 Å². The third kappa shape index (κ3) is 4.59. The Bertz CT molecular complexity index is 1090. The third-order valence-corrected chi connectivity index (χ3v) is 6.52. The molecule has 2 heterocycles. The fraction of sp³-hybridized carbons (Fsp3) is 0.375. The van der Waals surface area contributed by atoms with E-state index in [2.05, 4.69) is 13.8 Å². The number of carbonyl (C=O) groups is 1. The first-order valence-corrected chi connectivity index (χ1v) is 11.4. The number of carbonyl (C=O) groups excluding carboxylic acids is 1. The predicted molar refractivity (Wildman–Crippen MR) is 122 cm³/mol. The minimum atomic E-state index is -0.0698. The molecule has 1 amide bonds. The van der Waals surface area contributed by atoms with Crippen molar-refractivity contribution in [2.45, 2.75) is 32.0 Å². The highest BCUT2D eigenvalue weighted by molar-refractivity contribution is 7.99. The summed E-state index contributed by atoms with van der Waals surface area (Å²) < 4.78 is 1.69. The summed E-state index contributed by atoms with van der Waals surface area (Å²) in [6, 6.07) is 17.3. The molecule has 0 N–H and O–H groups in total. The van der Waals surface area contributed by atoms with Crippen molar-refractivity contribution in [1.82, 2.24) is 14.5 Å². The molecule has 0 bridgehead atoms. The van der Waals surface area contributed by atoms with Crippen molar-refractivity contribution in [2.24, 2.45) is 11.8 Å². The number of thioether (sulfide) groups is 1. The number of amides is 1. The van der Waals surface area contributed by atoms with Crippen LogP contribution in [0.3, 0.4) is 0 Å². The summed E-state index contributed by atoms with van der Waals surface area (Å²) in [4.78, 5) is 32.8. The predicted octanol–water partition coefficient (Wildman–Crippen LogP) is 4.04. The Morgan fingerprint density at radius 3 is 2.43 bits per heavy atom. The van der Waals surface area contributed by atoms with Gasteiger partial charge in [0, 0.05) is 13.1 Å². The van der Waals surface area contributed by atoms with Crippen LogP contribution in [0.2, 0.25) is 0 Å². The van der Waals surface area contributed by atoms with E-state index in [1.807, 2.05) is 59.5 Å². The molecule has 156 valence electrons. The van der Waals surface area contributed by atoms with E-state index in [9.17, 15) is 9.59 Å². The molecule has 0 saturated carbocycles. The number of rotatable bonds is 5. The van der Waals surface area contributed by atoms with Crippen molar-refractivity contribution >= 4 is 28.6 Å². The molecule has 4 rings (SSSR count). The summed E-state index contributed by atoms with van der Waals surface area (Å²) in [5.74, 6) is 1.46. The largest absolute Gasteiger partial charge is 0.341 e. The second kappa shape index (κ2) is 9.04. The highest BCUT2D eigenvalue weighted by Gasteiger charge is 2.25. The fourth-order valence-corrected chi connectivity index (χ4v) is 5.15. The molecule has 0 spiro atoms. The molecule has 1 aliphatic heterocycles. The van der Waals surface area contributed by atoms with E-state index in [-0.39, 0.29) is 11.5 Å².